The second-order valence-corrected chi connectivity index (χ2v) is 9.10. The van der Waals surface area contributed by atoms with Crippen LogP contribution in [0.5, 0.6) is 6.01 Å². The van der Waals surface area contributed by atoms with Crippen molar-refractivity contribution < 1.29 is 14.3 Å². The molecular formula is C23H31N7O3. The first-order valence-electron chi connectivity index (χ1n) is 11.7. The Morgan fingerprint density at radius 2 is 1.94 bits per heavy atom. The highest BCUT2D eigenvalue weighted by atomic mass is 16.5. The number of hydrogen-bond acceptors (Lipinski definition) is 9. The van der Waals surface area contributed by atoms with Crippen LogP contribution in [0, 0.1) is 11.8 Å². The number of aromatic nitrogens is 3. The Morgan fingerprint density at radius 3 is 2.70 bits per heavy atom. The second kappa shape index (κ2) is 9.46. The quantitative estimate of drug-likeness (QED) is 0.711. The molecule has 176 valence electrons. The number of fused-ring (bicyclic) bond motifs is 1. The molecule has 2 aliphatic heterocycles. The van der Waals surface area contributed by atoms with Crippen molar-refractivity contribution >= 4 is 23.1 Å². The fourth-order valence-corrected chi connectivity index (χ4v) is 4.80. The van der Waals surface area contributed by atoms with E-state index in [2.05, 4.69) is 26.5 Å². The first-order chi connectivity index (χ1) is 16.1. The van der Waals surface area contributed by atoms with Crippen LogP contribution in [0.1, 0.15) is 31.5 Å². The lowest BCUT2D eigenvalue weighted by molar-refractivity contribution is -0.134. The number of carbonyl (C=O) groups excluding carboxylic acids is 1. The number of rotatable bonds is 5. The fourth-order valence-electron chi connectivity index (χ4n) is 4.80. The smallest absolute Gasteiger partial charge is 0.322 e. The summed E-state index contributed by atoms with van der Waals surface area (Å²) in [7, 11) is 3.63. The van der Waals surface area contributed by atoms with Crippen LogP contribution in [-0.4, -0.2) is 84.5 Å². The monoisotopic (exact) mass is 453 g/mol. The van der Waals surface area contributed by atoms with Gasteiger partial charge in [-0.1, -0.05) is 12.2 Å². The minimum Gasteiger partial charge on any atom is -0.460 e. The van der Waals surface area contributed by atoms with Crippen molar-refractivity contribution in [2.24, 2.45) is 16.9 Å². The maximum absolute atomic E-state index is 12.3. The van der Waals surface area contributed by atoms with E-state index in [1.165, 1.54) is 0 Å². The van der Waals surface area contributed by atoms with Gasteiger partial charge < -0.3 is 24.7 Å². The number of hydrogen-bond donors (Lipinski definition) is 1. The SMILES string of the molecule is CN(C)C(=O)C1CCC(Oc2nc(C3=CC=CC4=NNCC34)nc(N3CCOCC3)n2)CC1. The summed E-state index contributed by atoms with van der Waals surface area (Å²) in [6, 6.07) is 0.351. The maximum atomic E-state index is 12.3. The summed E-state index contributed by atoms with van der Waals surface area (Å²) in [4.78, 5) is 30.3. The standard InChI is InChI=1S/C23H31N7O3/c1-29(2)21(31)15-6-8-16(9-7-15)33-23-26-20(17-4-3-5-19-18(17)14-24-28-19)25-22(27-23)30-10-12-32-13-11-30/h3-5,15-16,18,24H,6-14H2,1-2H3. The van der Waals surface area contributed by atoms with E-state index >= 15 is 0 Å². The molecule has 1 aromatic heterocycles. The van der Waals surface area contributed by atoms with Gasteiger partial charge in [0.25, 0.3) is 0 Å². The number of nitrogens with one attached hydrogen (secondary N) is 1. The summed E-state index contributed by atoms with van der Waals surface area (Å²) < 4.78 is 11.8. The van der Waals surface area contributed by atoms with Gasteiger partial charge in [-0.3, -0.25) is 4.79 Å². The number of allylic oxidation sites excluding steroid dienone is 3. The average molecular weight is 454 g/mol. The first-order valence-corrected chi connectivity index (χ1v) is 11.7. The Bertz CT molecular complexity index is 976. The first kappa shape index (κ1) is 21.8. The largest absolute Gasteiger partial charge is 0.460 e. The summed E-state index contributed by atoms with van der Waals surface area (Å²) >= 11 is 0. The second-order valence-electron chi connectivity index (χ2n) is 9.10. The van der Waals surface area contributed by atoms with Gasteiger partial charge in [0.15, 0.2) is 5.82 Å². The van der Waals surface area contributed by atoms with Crippen LogP contribution in [0.3, 0.4) is 0 Å². The molecule has 1 unspecified atom stereocenters. The van der Waals surface area contributed by atoms with E-state index in [0.717, 1.165) is 56.6 Å². The van der Waals surface area contributed by atoms with Crippen LogP contribution in [-0.2, 0) is 9.53 Å². The Morgan fingerprint density at radius 1 is 1.15 bits per heavy atom. The van der Waals surface area contributed by atoms with Gasteiger partial charge in [0.05, 0.1) is 24.8 Å². The Hall–Kier alpha value is -3.01. The predicted octanol–water partition coefficient (Wildman–Crippen LogP) is 1.26. The molecule has 0 aromatic carbocycles. The lowest BCUT2D eigenvalue weighted by atomic mass is 9.86. The molecule has 0 radical (unpaired) electrons. The van der Waals surface area contributed by atoms with Gasteiger partial charge in [0.2, 0.25) is 11.9 Å². The lowest BCUT2D eigenvalue weighted by Crippen LogP contribution is -2.38. The number of anilines is 1. The summed E-state index contributed by atoms with van der Waals surface area (Å²) in [5.41, 5.74) is 5.09. The molecule has 10 nitrogen and oxygen atoms in total. The van der Waals surface area contributed by atoms with Crippen LogP contribution in [0.2, 0.25) is 0 Å². The van der Waals surface area contributed by atoms with E-state index in [-0.39, 0.29) is 23.8 Å². The minimum atomic E-state index is -0.00509. The average Bonchev–Trinajstić information content (AvgIpc) is 3.33. The zero-order valence-corrected chi connectivity index (χ0v) is 19.2. The van der Waals surface area contributed by atoms with Crippen molar-refractivity contribution in [2.75, 3.05) is 51.8 Å². The highest BCUT2D eigenvalue weighted by Gasteiger charge is 2.31. The number of amides is 1. The van der Waals surface area contributed by atoms with Gasteiger partial charge in [-0.25, -0.2) is 0 Å². The minimum absolute atomic E-state index is 0.00509. The molecule has 2 fully saturated rings. The molecule has 1 saturated carbocycles. The van der Waals surface area contributed by atoms with E-state index in [4.69, 9.17) is 19.4 Å². The van der Waals surface area contributed by atoms with Crippen LogP contribution in [0.25, 0.3) is 5.57 Å². The number of nitrogens with zero attached hydrogens (tertiary/aromatic N) is 6. The summed E-state index contributed by atoms with van der Waals surface area (Å²) in [5, 5.41) is 4.37. The summed E-state index contributed by atoms with van der Waals surface area (Å²) in [5.74, 6) is 1.64. The van der Waals surface area contributed by atoms with E-state index in [9.17, 15) is 4.79 Å². The molecule has 1 amide bonds. The molecule has 3 heterocycles. The van der Waals surface area contributed by atoms with Gasteiger partial charge in [0.1, 0.15) is 6.10 Å². The van der Waals surface area contributed by atoms with E-state index in [1.54, 1.807) is 4.90 Å². The molecule has 4 aliphatic rings. The summed E-state index contributed by atoms with van der Waals surface area (Å²) in [6.45, 7) is 3.49. The molecule has 0 spiro atoms. The van der Waals surface area contributed by atoms with Crippen molar-refractivity contribution in [1.29, 1.82) is 0 Å². The van der Waals surface area contributed by atoms with Gasteiger partial charge in [0, 0.05) is 45.2 Å². The van der Waals surface area contributed by atoms with Crippen molar-refractivity contribution in [1.82, 2.24) is 25.3 Å². The van der Waals surface area contributed by atoms with E-state index in [1.807, 2.05) is 26.2 Å². The van der Waals surface area contributed by atoms with Crippen molar-refractivity contribution in [3.05, 3.63) is 24.1 Å². The van der Waals surface area contributed by atoms with Crippen LogP contribution in [0.15, 0.2) is 23.3 Å². The number of morpholine rings is 1. The third-order valence-electron chi connectivity index (χ3n) is 6.67. The summed E-state index contributed by atoms with van der Waals surface area (Å²) in [6.07, 6.45) is 9.31. The Labute approximate surface area is 193 Å². The third kappa shape index (κ3) is 4.71. The van der Waals surface area contributed by atoms with E-state index < -0.39 is 0 Å². The van der Waals surface area contributed by atoms with Gasteiger partial charge in [-0.15, -0.1) is 0 Å². The van der Waals surface area contributed by atoms with Gasteiger partial charge in [-0.05, 0) is 31.8 Å². The molecule has 1 N–H and O–H groups in total. The fraction of sp³-hybridized carbons (Fsp3) is 0.609. The van der Waals surface area contributed by atoms with Crippen LogP contribution >= 0.6 is 0 Å². The zero-order chi connectivity index (χ0) is 22.8. The predicted molar refractivity (Wildman–Crippen MR) is 124 cm³/mol. The lowest BCUT2D eigenvalue weighted by Gasteiger charge is -2.30. The number of ether oxygens (including phenoxy) is 2. The van der Waals surface area contributed by atoms with Gasteiger partial charge in [-0.2, -0.15) is 20.1 Å². The van der Waals surface area contributed by atoms with Crippen LogP contribution < -0.4 is 15.1 Å². The highest BCUT2D eigenvalue weighted by Crippen LogP contribution is 2.31. The number of carbonyl (C=O) groups is 1. The van der Waals surface area contributed by atoms with E-state index in [0.29, 0.717) is 31.0 Å². The van der Waals surface area contributed by atoms with Crippen molar-refractivity contribution in [2.45, 2.75) is 31.8 Å². The molecule has 0 bridgehead atoms. The molecular weight excluding hydrogens is 422 g/mol. The third-order valence-corrected chi connectivity index (χ3v) is 6.67. The molecule has 1 atom stereocenters. The highest BCUT2D eigenvalue weighted by molar-refractivity contribution is 6.07. The molecule has 1 aromatic rings. The molecule has 2 aliphatic carbocycles. The van der Waals surface area contributed by atoms with Crippen LogP contribution in [0.4, 0.5) is 5.95 Å². The maximum Gasteiger partial charge on any atom is 0.322 e. The van der Waals surface area contributed by atoms with Crippen molar-refractivity contribution in [3.8, 4) is 6.01 Å². The Balaban J connectivity index is 1.37. The number of hydrazone groups is 1. The Kier molecular flexibility index (Phi) is 6.26. The molecule has 5 rings (SSSR count). The molecule has 33 heavy (non-hydrogen) atoms. The molecule has 1 saturated heterocycles. The topological polar surface area (TPSA) is 105 Å². The normalized spacial score (nSPS) is 26.7. The van der Waals surface area contributed by atoms with Crippen molar-refractivity contribution in [3.63, 3.8) is 0 Å². The van der Waals surface area contributed by atoms with Gasteiger partial charge >= 0.3 is 6.01 Å². The molecule has 10 heteroatoms. The zero-order valence-electron chi connectivity index (χ0n) is 19.2.